The lowest BCUT2D eigenvalue weighted by molar-refractivity contribution is 0.353. The van der Waals surface area contributed by atoms with Crippen LogP contribution in [0.5, 0.6) is 11.5 Å². The predicted molar refractivity (Wildman–Crippen MR) is 134 cm³/mol. The third kappa shape index (κ3) is 4.17. The quantitative estimate of drug-likeness (QED) is 0.483. The third-order valence-electron chi connectivity index (χ3n) is 6.82. The van der Waals surface area contributed by atoms with E-state index in [0.29, 0.717) is 11.2 Å². The smallest absolute Gasteiger partial charge is 0.174 e. The maximum absolute atomic E-state index is 5.87. The van der Waals surface area contributed by atoms with E-state index in [0.717, 1.165) is 22.9 Å². The van der Waals surface area contributed by atoms with Crippen molar-refractivity contribution in [2.45, 2.75) is 50.2 Å². The van der Waals surface area contributed by atoms with Gasteiger partial charge in [0.2, 0.25) is 0 Å². The summed E-state index contributed by atoms with van der Waals surface area (Å²) in [6.07, 6.45) is 12.8. The normalized spacial score (nSPS) is 21.2. The molecule has 1 saturated heterocycles. The van der Waals surface area contributed by atoms with E-state index in [1.54, 1.807) is 14.2 Å². The molecule has 33 heavy (non-hydrogen) atoms. The Hall–Kier alpha value is -3.06. The molecule has 1 aliphatic carbocycles. The van der Waals surface area contributed by atoms with Crippen molar-refractivity contribution in [3.8, 4) is 11.5 Å². The fourth-order valence-corrected chi connectivity index (χ4v) is 5.49. The maximum Gasteiger partial charge on any atom is 0.174 e. The van der Waals surface area contributed by atoms with E-state index in [9.17, 15) is 0 Å². The van der Waals surface area contributed by atoms with Gasteiger partial charge < -0.3 is 24.3 Å². The second-order valence-corrected chi connectivity index (χ2v) is 9.10. The molecule has 7 heteroatoms. The zero-order valence-electron chi connectivity index (χ0n) is 19.1. The first kappa shape index (κ1) is 21.8. The molecule has 0 amide bonds. The van der Waals surface area contributed by atoms with Crippen LogP contribution in [0.3, 0.4) is 0 Å². The molecule has 0 unspecified atom stereocenters. The molecule has 0 spiro atoms. The molecule has 5 rings (SSSR count). The van der Waals surface area contributed by atoms with Gasteiger partial charge in [-0.3, -0.25) is 4.98 Å². The van der Waals surface area contributed by atoms with Gasteiger partial charge in [-0.1, -0.05) is 25.3 Å². The second kappa shape index (κ2) is 9.43. The third-order valence-corrected chi connectivity index (χ3v) is 7.13. The summed E-state index contributed by atoms with van der Waals surface area (Å²) in [6.45, 7) is 0. The van der Waals surface area contributed by atoms with Crippen LogP contribution < -0.4 is 19.7 Å². The predicted octanol–water partition coefficient (Wildman–Crippen LogP) is 5.58. The van der Waals surface area contributed by atoms with Crippen LogP contribution in [0, 0.1) is 0 Å². The minimum atomic E-state index is -0.0762. The summed E-state index contributed by atoms with van der Waals surface area (Å²) >= 11 is 5.87. The van der Waals surface area contributed by atoms with Gasteiger partial charge in [-0.2, -0.15) is 0 Å². The molecular weight excluding hydrogens is 432 g/mol. The molecule has 2 atom stereocenters. The molecule has 2 aliphatic rings. The lowest BCUT2D eigenvalue weighted by Gasteiger charge is -2.29. The molecule has 1 N–H and O–H groups in total. The Balaban J connectivity index is 1.58. The van der Waals surface area contributed by atoms with Crippen molar-refractivity contribution in [2.75, 3.05) is 19.1 Å². The Kier molecular flexibility index (Phi) is 6.22. The molecule has 1 saturated carbocycles. The average Bonchev–Trinajstić information content (AvgIpc) is 3.49. The van der Waals surface area contributed by atoms with Gasteiger partial charge in [0, 0.05) is 30.7 Å². The Bertz CT molecular complexity index is 1110. The van der Waals surface area contributed by atoms with Crippen LogP contribution in [-0.2, 0) is 0 Å². The summed E-state index contributed by atoms with van der Waals surface area (Å²) in [5.74, 6) is 1.46. The Labute approximate surface area is 200 Å². The van der Waals surface area contributed by atoms with Crippen molar-refractivity contribution in [1.82, 2.24) is 14.9 Å². The molecule has 6 nitrogen and oxygen atoms in total. The van der Waals surface area contributed by atoms with E-state index in [1.807, 2.05) is 36.5 Å². The number of aromatic nitrogens is 2. The fourth-order valence-electron chi connectivity index (χ4n) is 5.15. The highest BCUT2D eigenvalue weighted by Gasteiger charge is 2.42. The van der Waals surface area contributed by atoms with E-state index >= 15 is 0 Å². The van der Waals surface area contributed by atoms with Crippen LogP contribution in [0.2, 0.25) is 0 Å². The number of thiocarbonyl (C=S) groups is 1. The lowest BCUT2D eigenvalue weighted by Crippen LogP contribution is -2.29. The molecule has 1 aromatic carbocycles. The number of rotatable bonds is 6. The molecule has 0 bridgehead atoms. The molecule has 172 valence electrons. The topological polar surface area (TPSA) is 51.5 Å². The van der Waals surface area contributed by atoms with Crippen LogP contribution in [0.15, 0.2) is 61.1 Å². The summed E-state index contributed by atoms with van der Waals surface area (Å²) in [6, 6.07) is 14.5. The van der Waals surface area contributed by atoms with Gasteiger partial charge in [0.15, 0.2) is 5.11 Å². The first-order valence-corrected chi connectivity index (χ1v) is 12.0. The van der Waals surface area contributed by atoms with Crippen molar-refractivity contribution >= 4 is 23.0 Å². The number of nitrogens with zero attached hydrogens (tertiary/aromatic N) is 3. The van der Waals surface area contributed by atoms with Crippen molar-refractivity contribution in [3.63, 3.8) is 0 Å². The van der Waals surface area contributed by atoms with Crippen LogP contribution >= 0.6 is 12.2 Å². The Morgan fingerprint density at radius 2 is 1.88 bits per heavy atom. The number of hydrogen-bond acceptors (Lipinski definition) is 4. The van der Waals surface area contributed by atoms with Crippen LogP contribution in [0.1, 0.15) is 61.5 Å². The van der Waals surface area contributed by atoms with Crippen molar-refractivity contribution in [1.29, 1.82) is 0 Å². The largest absolute Gasteiger partial charge is 0.497 e. The zero-order valence-corrected chi connectivity index (χ0v) is 19.9. The molecule has 0 radical (unpaired) electrons. The van der Waals surface area contributed by atoms with Gasteiger partial charge in [0.1, 0.15) is 11.5 Å². The van der Waals surface area contributed by atoms with E-state index in [-0.39, 0.29) is 12.1 Å². The van der Waals surface area contributed by atoms with Gasteiger partial charge in [0.25, 0.3) is 0 Å². The first-order chi connectivity index (χ1) is 16.2. The molecule has 2 aromatic heterocycles. The number of benzene rings is 1. The molecular formula is C26H30N4O2S. The van der Waals surface area contributed by atoms with Crippen LogP contribution in [0.4, 0.5) is 5.69 Å². The SMILES string of the molecule is COc1ccc(N2C(=S)N[C@H](c3ccccn3)[C@H]2c2ccn(C3CCCCC3)c2)c(OC)c1. The monoisotopic (exact) mass is 462 g/mol. The average molecular weight is 463 g/mol. The maximum atomic E-state index is 5.87. The van der Waals surface area contributed by atoms with Crippen LogP contribution in [-0.4, -0.2) is 28.9 Å². The number of anilines is 1. The molecule has 3 aromatic rings. The van der Waals surface area contributed by atoms with Gasteiger partial charge in [-0.05, 0) is 61.0 Å². The Morgan fingerprint density at radius 1 is 1.03 bits per heavy atom. The highest BCUT2D eigenvalue weighted by Crippen LogP contribution is 2.45. The highest BCUT2D eigenvalue weighted by atomic mass is 32.1. The lowest BCUT2D eigenvalue weighted by atomic mass is 9.95. The van der Waals surface area contributed by atoms with Gasteiger partial charge in [-0.15, -0.1) is 0 Å². The summed E-state index contributed by atoms with van der Waals surface area (Å²) in [5.41, 5.74) is 3.08. The molecule has 1 aliphatic heterocycles. The number of pyridine rings is 1. The molecule has 2 fully saturated rings. The summed E-state index contributed by atoms with van der Waals surface area (Å²) in [5, 5.41) is 4.19. The minimum Gasteiger partial charge on any atom is -0.497 e. The summed E-state index contributed by atoms with van der Waals surface area (Å²) in [4.78, 5) is 6.82. The van der Waals surface area contributed by atoms with Crippen molar-refractivity contribution in [2.24, 2.45) is 0 Å². The number of ether oxygens (including phenoxy) is 2. The number of methoxy groups -OCH3 is 2. The number of hydrogen-bond donors (Lipinski definition) is 1. The van der Waals surface area contributed by atoms with E-state index < -0.39 is 0 Å². The van der Waals surface area contributed by atoms with E-state index in [2.05, 4.69) is 44.3 Å². The van der Waals surface area contributed by atoms with Gasteiger partial charge in [0.05, 0.1) is 37.7 Å². The van der Waals surface area contributed by atoms with E-state index in [4.69, 9.17) is 21.7 Å². The van der Waals surface area contributed by atoms with Crippen molar-refractivity contribution < 1.29 is 9.47 Å². The number of nitrogens with one attached hydrogen (secondary N) is 1. The van der Waals surface area contributed by atoms with E-state index in [1.165, 1.54) is 37.7 Å². The zero-order chi connectivity index (χ0) is 22.8. The van der Waals surface area contributed by atoms with Gasteiger partial charge >= 0.3 is 0 Å². The summed E-state index contributed by atoms with van der Waals surface area (Å²) < 4.78 is 13.6. The first-order valence-electron chi connectivity index (χ1n) is 11.6. The second-order valence-electron chi connectivity index (χ2n) is 8.72. The fraction of sp³-hybridized carbons (Fsp3) is 0.385. The highest BCUT2D eigenvalue weighted by molar-refractivity contribution is 7.80. The standard InChI is InChI=1S/C26H30N4O2S/c1-31-20-11-12-22(23(16-20)32-2)30-25(24(28-26(30)33)21-10-6-7-14-27-21)18-13-15-29(17-18)19-8-4-3-5-9-19/h6-7,10-17,19,24-25H,3-5,8-9H2,1-2H3,(H,28,33)/t24-,25-/m1/s1. The summed E-state index contributed by atoms with van der Waals surface area (Å²) in [7, 11) is 3.33. The van der Waals surface area contributed by atoms with Gasteiger partial charge in [-0.25, -0.2) is 0 Å². The Morgan fingerprint density at radius 3 is 2.61 bits per heavy atom. The minimum absolute atomic E-state index is 0.0560. The van der Waals surface area contributed by atoms with Crippen LogP contribution in [0.25, 0.3) is 0 Å². The van der Waals surface area contributed by atoms with Crippen molar-refractivity contribution in [3.05, 3.63) is 72.3 Å². The molecule has 3 heterocycles.